The van der Waals surface area contributed by atoms with E-state index in [2.05, 4.69) is 5.32 Å². The lowest BCUT2D eigenvalue weighted by Crippen LogP contribution is -2.44. The van der Waals surface area contributed by atoms with Crippen molar-refractivity contribution >= 4 is 5.69 Å². The second-order valence-corrected chi connectivity index (χ2v) is 4.64. The van der Waals surface area contributed by atoms with Crippen LogP contribution in [0.2, 0.25) is 0 Å². The van der Waals surface area contributed by atoms with E-state index in [0.717, 1.165) is 13.1 Å². The highest BCUT2D eigenvalue weighted by Gasteiger charge is 2.20. The van der Waals surface area contributed by atoms with Crippen LogP contribution in [0.5, 0.6) is 5.75 Å². The molecule has 0 spiro atoms. The summed E-state index contributed by atoms with van der Waals surface area (Å²) in [5.74, 6) is -0.890. The fourth-order valence-corrected chi connectivity index (χ4v) is 2.07. The molecule has 1 saturated heterocycles. The van der Waals surface area contributed by atoms with E-state index in [0.29, 0.717) is 13.1 Å². The summed E-state index contributed by atoms with van der Waals surface area (Å²) in [6.45, 7) is 6.34. The third-order valence-electron chi connectivity index (χ3n) is 2.80. The molecule has 0 saturated carbocycles. The topological polar surface area (TPSA) is 24.5 Å². The van der Waals surface area contributed by atoms with Crippen LogP contribution >= 0.6 is 0 Å². The molecule has 3 nitrogen and oxygen atoms in total. The molecule has 0 unspecified atom stereocenters. The van der Waals surface area contributed by atoms with E-state index < -0.39 is 11.6 Å². The number of nitrogens with zero attached hydrogens (tertiary/aromatic N) is 1. The number of piperazine rings is 1. The van der Waals surface area contributed by atoms with Crippen LogP contribution in [0.4, 0.5) is 14.5 Å². The fraction of sp³-hybridized carbons (Fsp3) is 0.538. The van der Waals surface area contributed by atoms with Gasteiger partial charge in [-0.15, -0.1) is 0 Å². The zero-order valence-corrected chi connectivity index (χ0v) is 10.7. The van der Waals surface area contributed by atoms with Crippen molar-refractivity contribution in [3.63, 3.8) is 0 Å². The maximum absolute atomic E-state index is 14.0. The molecule has 1 aliphatic rings. The van der Waals surface area contributed by atoms with E-state index in [1.807, 2.05) is 13.8 Å². The lowest BCUT2D eigenvalue weighted by molar-refractivity contribution is 0.240. The molecule has 1 fully saturated rings. The Morgan fingerprint density at radius 1 is 1.17 bits per heavy atom. The van der Waals surface area contributed by atoms with Crippen molar-refractivity contribution in [2.24, 2.45) is 0 Å². The van der Waals surface area contributed by atoms with E-state index in [1.165, 1.54) is 12.1 Å². The first-order chi connectivity index (χ1) is 8.58. The molecule has 0 aromatic heterocycles. The van der Waals surface area contributed by atoms with Gasteiger partial charge in [0.1, 0.15) is 11.4 Å². The van der Waals surface area contributed by atoms with Crippen molar-refractivity contribution in [3.8, 4) is 5.75 Å². The SMILES string of the molecule is CC(C)Oc1cc(F)c(N2CCNCC2)c(F)c1. The van der Waals surface area contributed by atoms with E-state index in [4.69, 9.17) is 4.74 Å². The lowest BCUT2D eigenvalue weighted by atomic mass is 10.2. The number of rotatable bonds is 3. The second kappa shape index (κ2) is 5.52. The molecule has 2 rings (SSSR count). The lowest BCUT2D eigenvalue weighted by Gasteiger charge is -2.30. The van der Waals surface area contributed by atoms with E-state index >= 15 is 0 Å². The van der Waals surface area contributed by atoms with Gasteiger partial charge >= 0.3 is 0 Å². The highest BCUT2D eigenvalue weighted by Crippen LogP contribution is 2.28. The fourth-order valence-electron chi connectivity index (χ4n) is 2.07. The van der Waals surface area contributed by atoms with Gasteiger partial charge in [-0.1, -0.05) is 0 Å². The summed E-state index contributed by atoms with van der Waals surface area (Å²) in [5.41, 5.74) is 0.0487. The summed E-state index contributed by atoms with van der Waals surface area (Å²) in [5, 5.41) is 3.15. The van der Waals surface area contributed by atoms with Crippen LogP contribution in [0.1, 0.15) is 13.8 Å². The summed E-state index contributed by atoms with van der Waals surface area (Å²) in [6, 6.07) is 2.50. The van der Waals surface area contributed by atoms with Gasteiger partial charge in [-0.25, -0.2) is 8.78 Å². The molecule has 18 heavy (non-hydrogen) atoms. The predicted octanol–water partition coefficient (Wildman–Crippen LogP) is 2.16. The molecular formula is C13H18F2N2O. The van der Waals surface area contributed by atoms with Crippen molar-refractivity contribution < 1.29 is 13.5 Å². The highest BCUT2D eigenvalue weighted by molar-refractivity contribution is 5.52. The maximum atomic E-state index is 14.0. The van der Waals surface area contributed by atoms with Gasteiger partial charge in [-0.05, 0) is 13.8 Å². The van der Waals surface area contributed by atoms with E-state index in [1.54, 1.807) is 4.90 Å². The Balaban J connectivity index is 2.25. The van der Waals surface area contributed by atoms with Crippen molar-refractivity contribution in [1.82, 2.24) is 5.32 Å². The Bertz CT molecular complexity index is 394. The maximum Gasteiger partial charge on any atom is 0.153 e. The van der Waals surface area contributed by atoms with Crippen molar-refractivity contribution in [1.29, 1.82) is 0 Å². The first kappa shape index (κ1) is 13.1. The molecule has 0 bridgehead atoms. The van der Waals surface area contributed by atoms with Gasteiger partial charge in [0.25, 0.3) is 0 Å². The average Bonchev–Trinajstić information content (AvgIpc) is 2.28. The summed E-state index contributed by atoms with van der Waals surface area (Å²) in [6.07, 6.45) is -0.103. The number of nitrogens with one attached hydrogen (secondary N) is 1. The molecule has 1 aromatic rings. The predicted molar refractivity (Wildman–Crippen MR) is 67.2 cm³/mol. The molecular weight excluding hydrogens is 238 g/mol. The van der Waals surface area contributed by atoms with Gasteiger partial charge in [0.2, 0.25) is 0 Å². The van der Waals surface area contributed by atoms with Gasteiger partial charge in [-0.3, -0.25) is 0 Å². The number of ether oxygens (including phenoxy) is 1. The molecule has 1 N–H and O–H groups in total. The second-order valence-electron chi connectivity index (χ2n) is 4.64. The first-order valence-electron chi connectivity index (χ1n) is 6.19. The number of halogens is 2. The summed E-state index contributed by atoms with van der Waals surface area (Å²) >= 11 is 0. The Hall–Kier alpha value is -1.36. The van der Waals surface area contributed by atoms with Crippen LogP contribution < -0.4 is 15.0 Å². The number of anilines is 1. The Labute approximate surface area is 106 Å². The van der Waals surface area contributed by atoms with Crippen LogP contribution in [-0.2, 0) is 0 Å². The third kappa shape index (κ3) is 2.90. The zero-order valence-electron chi connectivity index (χ0n) is 10.7. The average molecular weight is 256 g/mol. The van der Waals surface area contributed by atoms with Gasteiger partial charge < -0.3 is 15.0 Å². The number of benzene rings is 1. The number of hydrogen-bond acceptors (Lipinski definition) is 3. The quantitative estimate of drug-likeness (QED) is 0.897. The van der Waals surface area contributed by atoms with Gasteiger partial charge in [0.15, 0.2) is 11.6 Å². The van der Waals surface area contributed by atoms with Crippen LogP contribution in [0.3, 0.4) is 0 Å². The molecule has 1 aliphatic heterocycles. The molecule has 0 aliphatic carbocycles. The molecule has 1 heterocycles. The molecule has 0 amide bonds. The third-order valence-corrected chi connectivity index (χ3v) is 2.80. The normalized spacial score (nSPS) is 16.2. The zero-order chi connectivity index (χ0) is 13.1. The summed E-state index contributed by atoms with van der Waals surface area (Å²) in [4.78, 5) is 1.72. The molecule has 100 valence electrons. The van der Waals surface area contributed by atoms with Gasteiger partial charge in [0.05, 0.1) is 6.10 Å². The highest BCUT2D eigenvalue weighted by atomic mass is 19.1. The van der Waals surface area contributed by atoms with Gasteiger partial charge in [0, 0.05) is 38.3 Å². The van der Waals surface area contributed by atoms with Crippen LogP contribution in [0.25, 0.3) is 0 Å². The Morgan fingerprint density at radius 2 is 1.72 bits per heavy atom. The number of hydrogen-bond donors (Lipinski definition) is 1. The van der Waals surface area contributed by atoms with Crippen LogP contribution in [0, 0.1) is 11.6 Å². The minimum absolute atomic E-state index is 0.0487. The molecule has 0 atom stereocenters. The Kier molecular flexibility index (Phi) is 4.01. The Morgan fingerprint density at radius 3 is 2.22 bits per heavy atom. The van der Waals surface area contributed by atoms with E-state index in [9.17, 15) is 8.78 Å². The van der Waals surface area contributed by atoms with Crippen molar-refractivity contribution in [2.45, 2.75) is 20.0 Å². The monoisotopic (exact) mass is 256 g/mol. The largest absolute Gasteiger partial charge is 0.491 e. The smallest absolute Gasteiger partial charge is 0.153 e. The summed E-state index contributed by atoms with van der Waals surface area (Å²) in [7, 11) is 0. The van der Waals surface area contributed by atoms with Crippen molar-refractivity contribution in [2.75, 3.05) is 31.1 Å². The van der Waals surface area contributed by atoms with E-state index in [-0.39, 0.29) is 17.5 Å². The summed E-state index contributed by atoms with van der Waals surface area (Å²) < 4.78 is 33.2. The standard InChI is InChI=1S/C13H18F2N2O/c1-9(2)18-10-7-11(14)13(12(15)8-10)17-5-3-16-4-6-17/h7-9,16H,3-6H2,1-2H3. The molecule has 1 aromatic carbocycles. The van der Waals surface area contributed by atoms with Crippen molar-refractivity contribution in [3.05, 3.63) is 23.8 Å². The first-order valence-corrected chi connectivity index (χ1v) is 6.19. The minimum atomic E-state index is -0.562. The molecule has 5 heteroatoms. The van der Waals surface area contributed by atoms with Crippen LogP contribution in [0.15, 0.2) is 12.1 Å². The van der Waals surface area contributed by atoms with Gasteiger partial charge in [-0.2, -0.15) is 0 Å². The minimum Gasteiger partial charge on any atom is -0.491 e. The van der Waals surface area contributed by atoms with Crippen LogP contribution in [-0.4, -0.2) is 32.3 Å². The molecule has 0 radical (unpaired) electrons.